The summed E-state index contributed by atoms with van der Waals surface area (Å²) in [7, 11) is 1.59. The van der Waals surface area contributed by atoms with Gasteiger partial charge in [-0.1, -0.05) is 6.07 Å². The molecule has 2 N–H and O–H groups in total. The smallest absolute Gasteiger partial charge is 0.350 e. The van der Waals surface area contributed by atoms with Gasteiger partial charge in [0, 0.05) is 18.3 Å². The number of aliphatic imine (C=N–C) groups is 1. The lowest BCUT2D eigenvalue weighted by atomic mass is 10.3. The third-order valence-corrected chi connectivity index (χ3v) is 5.11. The van der Waals surface area contributed by atoms with Crippen LogP contribution in [0.1, 0.15) is 52.7 Å². The summed E-state index contributed by atoms with van der Waals surface area (Å²) in [5, 5.41) is 7.34. The van der Waals surface area contributed by atoms with Crippen molar-refractivity contribution in [1.29, 1.82) is 0 Å². The summed E-state index contributed by atoms with van der Waals surface area (Å²) >= 11 is 1.34. The van der Waals surface area contributed by atoms with E-state index < -0.39 is 0 Å². The van der Waals surface area contributed by atoms with Crippen LogP contribution in [0.3, 0.4) is 0 Å². The summed E-state index contributed by atoms with van der Waals surface area (Å²) in [6.45, 7) is 9.05. The summed E-state index contributed by atoms with van der Waals surface area (Å²) in [4.78, 5) is 25.9. The predicted molar refractivity (Wildman–Crippen MR) is 110 cm³/mol. The second kappa shape index (κ2) is 10.6. The lowest BCUT2D eigenvalue weighted by molar-refractivity contribution is 0.0531. The van der Waals surface area contributed by atoms with Crippen molar-refractivity contribution >= 4 is 23.3 Å². The van der Waals surface area contributed by atoms with Crippen LogP contribution in [0.4, 0.5) is 0 Å². The van der Waals surface area contributed by atoms with Crippen LogP contribution in [0, 0.1) is 6.92 Å². The molecule has 0 aliphatic heterocycles. The van der Waals surface area contributed by atoms with Gasteiger partial charge in [0.2, 0.25) is 5.88 Å². The lowest BCUT2D eigenvalue weighted by Crippen LogP contribution is -2.38. The largest absolute Gasteiger partial charge is 0.481 e. The number of methoxy groups -OCH3 is 1. The van der Waals surface area contributed by atoms with E-state index in [1.54, 1.807) is 20.2 Å². The third kappa shape index (κ3) is 5.66. The van der Waals surface area contributed by atoms with E-state index in [-0.39, 0.29) is 12.0 Å². The van der Waals surface area contributed by atoms with Crippen molar-refractivity contribution in [2.75, 3.05) is 20.3 Å². The number of carbonyl (C=O) groups excluding carboxylic acids is 1. The van der Waals surface area contributed by atoms with Crippen molar-refractivity contribution in [1.82, 2.24) is 20.6 Å². The van der Waals surface area contributed by atoms with E-state index in [9.17, 15) is 4.79 Å². The molecule has 0 aliphatic rings. The highest BCUT2D eigenvalue weighted by molar-refractivity contribution is 7.13. The minimum atomic E-state index is -0.333. The van der Waals surface area contributed by atoms with E-state index in [1.807, 2.05) is 32.9 Å². The molecule has 0 fully saturated rings. The van der Waals surface area contributed by atoms with Crippen molar-refractivity contribution in [3.8, 4) is 5.88 Å². The first-order valence-electron chi connectivity index (χ1n) is 9.17. The quantitative estimate of drug-likeness (QED) is 0.396. The summed E-state index contributed by atoms with van der Waals surface area (Å²) in [6.07, 6.45) is 1.68. The highest BCUT2D eigenvalue weighted by atomic mass is 32.1. The number of pyridine rings is 1. The molecule has 1 atom stereocenters. The molecule has 0 aliphatic carbocycles. The number of carbonyl (C=O) groups is 1. The first-order valence-corrected chi connectivity index (χ1v) is 9.98. The molecule has 28 heavy (non-hydrogen) atoms. The van der Waals surface area contributed by atoms with Crippen LogP contribution in [0.15, 0.2) is 23.3 Å². The Hall–Kier alpha value is -2.68. The molecule has 0 radical (unpaired) electrons. The zero-order chi connectivity index (χ0) is 20.5. The number of guanidine groups is 1. The molecule has 2 rings (SSSR count). The van der Waals surface area contributed by atoms with E-state index in [0.29, 0.717) is 42.1 Å². The second-order valence-electron chi connectivity index (χ2n) is 5.92. The zero-order valence-corrected chi connectivity index (χ0v) is 17.7. The van der Waals surface area contributed by atoms with Crippen LogP contribution in [0.5, 0.6) is 5.88 Å². The van der Waals surface area contributed by atoms with Gasteiger partial charge in [0.05, 0.1) is 32.0 Å². The van der Waals surface area contributed by atoms with Gasteiger partial charge in [0.25, 0.3) is 0 Å². The van der Waals surface area contributed by atoms with Gasteiger partial charge in [0.1, 0.15) is 9.88 Å². The van der Waals surface area contributed by atoms with Gasteiger partial charge in [-0.15, -0.1) is 11.3 Å². The highest BCUT2D eigenvalue weighted by Gasteiger charge is 2.20. The molecule has 152 valence electrons. The van der Waals surface area contributed by atoms with Gasteiger partial charge < -0.3 is 20.1 Å². The van der Waals surface area contributed by atoms with E-state index in [0.717, 1.165) is 10.6 Å². The maximum Gasteiger partial charge on any atom is 0.350 e. The van der Waals surface area contributed by atoms with Crippen molar-refractivity contribution < 1.29 is 14.3 Å². The Balaban J connectivity index is 2.13. The molecule has 8 nitrogen and oxygen atoms in total. The molecule has 2 aromatic heterocycles. The number of nitrogens with one attached hydrogen (secondary N) is 2. The fourth-order valence-electron chi connectivity index (χ4n) is 2.47. The zero-order valence-electron chi connectivity index (χ0n) is 16.9. The topological polar surface area (TPSA) is 97.7 Å². The molecule has 1 unspecified atom stereocenters. The Morgan fingerprint density at radius 1 is 1.39 bits per heavy atom. The van der Waals surface area contributed by atoms with Gasteiger partial charge >= 0.3 is 5.97 Å². The average molecular weight is 406 g/mol. The molecule has 0 saturated heterocycles. The average Bonchev–Trinajstić information content (AvgIpc) is 3.08. The Bertz CT molecular complexity index is 822. The van der Waals surface area contributed by atoms with Crippen molar-refractivity contribution in [2.45, 2.75) is 40.3 Å². The third-order valence-electron chi connectivity index (χ3n) is 3.79. The number of nitrogens with zero attached hydrogens (tertiary/aromatic N) is 3. The Morgan fingerprint density at radius 2 is 2.18 bits per heavy atom. The van der Waals surface area contributed by atoms with Crippen molar-refractivity contribution in [3.05, 3.63) is 39.5 Å². The van der Waals surface area contributed by atoms with Gasteiger partial charge in [-0.3, -0.25) is 0 Å². The first-order chi connectivity index (χ1) is 13.5. The van der Waals surface area contributed by atoms with Gasteiger partial charge in [-0.05, 0) is 33.8 Å². The van der Waals surface area contributed by atoms with Gasteiger partial charge in [-0.25, -0.2) is 19.8 Å². The Kier molecular flexibility index (Phi) is 8.19. The first kappa shape index (κ1) is 21.6. The van der Waals surface area contributed by atoms with Crippen LogP contribution in [-0.4, -0.2) is 42.2 Å². The van der Waals surface area contributed by atoms with E-state index in [4.69, 9.17) is 9.47 Å². The molecule has 0 aromatic carbocycles. The van der Waals surface area contributed by atoms with Crippen LogP contribution in [0.25, 0.3) is 0 Å². The number of aryl methyl sites for hydroxylation is 1. The molecule has 2 heterocycles. The lowest BCUT2D eigenvalue weighted by Gasteiger charge is -2.16. The minimum Gasteiger partial charge on any atom is -0.481 e. The molecule has 2 aromatic rings. The standard InChI is InChI=1S/C19H27N5O3S/c1-6-20-19(22-11-14-9-8-10-21-16(14)26-5)24-13(4)17-23-12(3)15(28-17)18(25)27-7-2/h8-10,13H,6-7,11H2,1-5H3,(H2,20,22,24). The molecule has 0 bridgehead atoms. The monoisotopic (exact) mass is 405 g/mol. The fourth-order valence-corrected chi connectivity index (χ4v) is 3.43. The highest BCUT2D eigenvalue weighted by Crippen LogP contribution is 2.24. The molecular weight excluding hydrogens is 378 g/mol. The van der Waals surface area contributed by atoms with Crippen molar-refractivity contribution in [2.24, 2.45) is 4.99 Å². The van der Waals surface area contributed by atoms with Crippen molar-refractivity contribution in [3.63, 3.8) is 0 Å². The van der Waals surface area contributed by atoms with E-state index >= 15 is 0 Å². The Morgan fingerprint density at radius 3 is 2.86 bits per heavy atom. The Labute approximate surface area is 169 Å². The van der Waals surface area contributed by atoms with E-state index in [1.165, 1.54) is 11.3 Å². The van der Waals surface area contributed by atoms with E-state index in [2.05, 4.69) is 25.6 Å². The number of hydrogen-bond donors (Lipinski definition) is 2. The van der Waals surface area contributed by atoms with Crippen LogP contribution >= 0.6 is 11.3 Å². The second-order valence-corrected chi connectivity index (χ2v) is 6.95. The number of rotatable bonds is 8. The molecule has 0 spiro atoms. The maximum absolute atomic E-state index is 12.0. The normalized spacial score (nSPS) is 12.4. The fraction of sp³-hybridized carbons (Fsp3) is 0.474. The predicted octanol–water partition coefficient (Wildman–Crippen LogP) is 2.85. The molecular formula is C19H27N5O3S. The van der Waals surface area contributed by atoms with Crippen LogP contribution in [-0.2, 0) is 11.3 Å². The molecule has 0 saturated carbocycles. The minimum absolute atomic E-state index is 0.125. The number of ether oxygens (including phenoxy) is 2. The summed E-state index contributed by atoms with van der Waals surface area (Å²) in [6, 6.07) is 3.66. The summed E-state index contributed by atoms with van der Waals surface area (Å²) in [5.74, 6) is 0.872. The number of thiazole rings is 1. The SMILES string of the molecule is CCNC(=NCc1cccnc1OC)NC(C)c1nc(C)c(C(=O)OCC)s1. The van der Waals surface area contributed by atoms with Crippen LogP contribution in [0.2, 0.25) is 0 Å². The summed E-state index contributed by atoms with van der Waals surface area (Å²) < 4.78 is 10.4. The molecule has 9 heteroatoms. The van der Waals surface area contributed by atoms with Crippen LogP contribution < -0.4 is 15.4 Å². The number of esters is 1. The maximum atomic E-state index is 12.0. The number of hydrogen-bond acceptors (Lipinski definition) is 7. The van der Waals surface area contributed by atoms with Gasteiger partial charge in [0.15, 0.2) is 5.96 Å². The number of aromatic nitrogens is 2. The van der Waals surface area contributed by atoms with Gasteiger partial charge in [-0.2, -0.15) is 0 Å². The summed E-state index contributed by atoms with van der Waals surface area (Å²) in [5.41, 5.74) is 1.57. The molecule has 0 amide bonds.